The minimum absolute atomic E-state index is 0.000573. The number of sulfonamides is 2. The van der Waals surface area contributed by atoms with Gasteiger partial charge in [0.15, 0.2) is 0 Å². The standard InChI is InChI=1S/C30H35F3N4O7S2/c1-20-17-24(37(45(3,39)40)23-7-14-43-15-8-23)18-21(2)26(20)9-16-46(41,42)36-12-10-29(11-13-36)28(38)34-27(35-29)22-5-4-6-25(19-22)44-30(31,32)33/h4-6,9,16-19,23H,7-8,10-15H2,1-3H3,(H,34,35,38)/b16-9+. The average molecular weight is 685 g/mol. The molecule has 3 heterocycles. The summed E-state index contributed by atoms with van der Waals surface area (Å²) in [6.45, 7) is 4.52. The first-order valence-corrected chi connectivity index (χ1v) is 18.0. The summed E-state index contributed by atoms with van der Waals surface area (Å²) in [4.78, 5) is 17.5. The van der Waals surface area contributed by atoms with Gasteiger partial charge in [-0.25, -0.2) is 16.8 Å². The van der Waals surface area contributed by atoms with E-state index in [1.807, 2.05) is 0 Å². The second kappa shape index (κ2) is 12.6. The first kappa shape index (κ1) is 33.9. The van der Waals surface area contributed by atoms with Crippen LogP contribution in [0.5, 0.6) is 5.75 Å². The SMILES string of the molecule is Cc1cc(N(C2CCOCC2)S(C)(=O)=O)cc(C)c1/C=C/S(=O)(=O)N1CCC2(CC1)N=C(c1cccc(OC(F)(F)F)c1)NC2=O. The Bertz CT molecular complexity index is 1760. The van der Waals surface area contributed by atoms with Crippen LogP contribution in [-0.2, 0) is 29.6 Å². The molecule has 46 heavy (non-hydrogen) atoms. The van der Waals surface area contributed by atoms with Gasteiger partial charge in [0.25, 0.3) is 5.91 Å². The van der Waals surface area contributed by atoms with Crippen LogP contribution >= 0.6 is 0 Å². The number of benzene rings is 2. The van der Waals surface area contributed by atoms with Crippen molar-refractivity contribution in [1.82, 2.24) is 9.62 Å². The molecule has 2 aromatic rings. The van der Waals surface area contributed by atoms with Gasteiger partial charge in [-0.2, -0.15) is 4.31 Å². The fraction of sp³-hybridized carbons (Fsp3) is 0.467. The highest BCUT2D eigenvalue weighted by Gasteiger charge is 2.47. The molecule has 1 spiro atoms. The molecule has 2 fully saturated rings. The van der Waals surface area contributed by atoms with Crippen molar-refractivity contribution < 1.29 is 44.3 Å². The lowest BCUT2D eigenvalue weighted by Gasteiger charge is -2.34. The summed E-state index contributed by atoms with van der Waals surface area (Å²) < 4.78 is 102. The number of anilines is 1. The third-order valence-corrected chi connectivity index (χ3v) is 11.1. The van der Waals surface area contributed by atoms with Crippen LogP contribution in [0, 0.1) is 13.8 Å². The van der Waals surface area contributed by atoms with Crippen LogP contribution in [0.25, 0.3) is 6.08 Å². The summed E-state index contributed by atoms with van der Waals surface area (Å²) in [5.74, 6) is -0.815. The Morgan fingerprint density at radius 3 is 2.28 bits per heavy atom. The van der Waals surface area contributed by atoms with Crippen LogP contribution in [0.4, 0.5) is 18.9 Å². The Morgan fingerprint density at radius 1 is 1.07 bits per heavy atom. The first-order chi connectivity index (χ1) is 21.5. The van der Waals surface area contributed by atoms with Crippen molar-refractivity contribution in [3.8, 4) is 5.75 Å². The highest BCUT2D eigenvalue weighted by molar-refractivity contribution is 7.92. The summed E-state index contributed by atoms with van der Waals surface area (Å²) in [7, 11) is -7.49. The molecule has 0 saturated carbocycles. The van der Waals surface area contributed by atoms with Crippen molar-refractivity contribution in [2.24, 2.45) is 4.99 Å². The van der Waals surface area contributed by atoms with Crippen molar-refractivity contribution in [1.29, 1.82) is 0 Å². The molecule has 0 radical (unpaired) electrons. The Balaban J connectivity index is 1.30. The van der Waals surface area contributed by atoms with E-state index in [1.165, 1.54) is 33.1 Å². The van der Waals surface area contributed by atoms with Gasteiger partial charge in [0.05, 0.1) is 11.9 Å². The van der Waals surface area contributed by atoms with E-state index in [2.05, 4.69) is 15.0 Å². The number of hydrogen-bond donors (Lipinski definition) is 1. The second-order valence-electron chi connectivity index (χ2n) is 11.7. The lowest BCUT2D eigenvalue weighted by molar-refractivity contribution is -0.274. The fourth-order valence-electron chi connectivity index (χ4n) is 6.12. The van der Waals surface area contributed by atoms with Gasteiger partial charge >= 0.3 is 6.36 Å². The number of nitrogens with one attached hydrogen (secondary N) is 1. The van der Waals surface area contributed by atoms with Crippen molar-refractivity contribution in [2.75, 3.05) is 36.9 Å². The number of carbonyl (C=O) groups excluding carboxylic acids is 1. The van der Waals surface area contributed by atoms with Gasteiger partial charge in [-0.3, -0.25) is 14.1 Å². The van der Waals surface area contributed by atoms with Gasteiger partial charge in [0.2, 0.25) is 20.0 Å². The third-order valence-electron chi connectivity index (χ3n) is 8.35. The molecule has 3 aliphatic heterocycles. The zero-order chi connectivity index (χ0) is 33.5. The molecule has 0 unspecified atom stereocenters. The molecule has 2 saturated heterocycles. The predicted octanol–water partition coefficient (Wildman–Crippen LogP) is 3.86. The van der Waals surface area contributed by atoms with E-state index in [0.717, 1.165) is 17.5 Å². The van der Waals surface area contributed by atoms with Crippen molar-refractivity contribution >= 4 is 43.6 Å². The monoisotopic (exact) mass is 684 g/mol. The van der Waals surface area contributed by atoms with Crippen LogP contribution in [0.15, 0.2) is 46.8 Å². The quantitative estimate of drug-likeness (QED) is 0.447. The van der Waals surface area contributed by atoms with E-state index in [0.29, 0.717) is 48.4 Å². The van der Waals surface area contributed by atoms with Crippen molar-refractivity contribution in [3.05, 3.63) is 64.1 Å². The van der Waals surface area contributed by atoms with Crippen LogP contribution in [-0.4, -0.2) is 83.4 Å². The van der Waals surface area contributed by atoms with E-state index < -0.39 is 43.6 Å². The van der Waals surface area contributed by atoms with E-state index in [1.54, 1.807) is 26.0 Å². The van der Waals surface area contributed by atoms with Gasteiger partial charge in [0.1, 0.15) is 17.1 Å². The molecule has 16 heteroatoms. The number of carbonyl (C=O) groups is 1. The summed E-state index contributed by atoms with van der Waals surface area (Å²) in [5.41, 5.74) is 1.55. The number of piperidine rings is 1. The molecule has 5 rings (SSSR count). The molecular weight excluding hydrogens is 649 g/mol. The maximum atomic E-state index is 13.3. The maximum Gasteiger partial charge on any atom is 0.573 e. The molecule has 11 nitrogen and oxygen atoms in total. The number of hydrogen-bond acceptors (Lipinski definition) is 8. The molecular formula is C30H35F3N4O7S2. The number of ether oxygens (including phenoxy) is 2. The van der Waals surface area contributed by atoms with Crippen LogP contribution in [0.1, 0.15) is 47.9 Å². The summed E-state index contributed by atoms with van der Waals surface area (Å²) in [6.07, 6.45) is -0.924. The highest BCUT2D eigenvalue weighted by atomic mass is 32.2. The predicted molar refractivity (Wildman–Crippen MR) is 166 cm³/mol. The lowest BCUT2D eigenvalue weighted by Crippen LogP contribution is -2.50. The highest BCUT2D eigenvalue weighted by Crippen LogP contribution is 2.34. The number of amidine groups is 1. The van der Waals surface area contributed by atoms with E-state index >= 15 is 0 Å². The molecule has 1 amide bonds. The maximum absolute atomic E-state index is 13.3. The number of alkyl halides is 3. The normalized spacial score (nSPS) is 19.8. The molecule has 0 atom stereocenters. The molecule has 0 bridgehead atoms. The van der Waals surface area contributed by atoms with Gasteiger partial charge in [-0.05, 0) is 86.6 Å². The van der Waals surface area contributed by atoms with Gasteiger partial charge in [0, 0.05) is 43.3 Å². The number of rotatable bonds is 8. The molecule has 3 aliphatic rings. The number of nitrogens with zero attached hydrogens (tertiary/aromatic N) is 3. The Labute approximate surface area is 266 Å². The van der Waals surface area contributed by atoms with Gasteiger partial charge < -0.3 is 14.8 Å². The molecule has 2 aromatic carbocycles. The average Bonchev–Trinajstić information content (AvgIpc) is 3.27. The van der Waals surface area contributed by atoms with E-state index in [4.69, 9.17) is 4.74 Å². The Morgan fingerprint density at radius 2 is 1.70 bits per heavy atom. The van der Waals surface area contributed by atoms with Gasteiger partial charge in [-0.15, -0.1) is 13.2 Å². The largest absolute Gasteiger partial charge is 0.573 e. The van der Waals surface area contributed by atoms with Crippen LogP contribution < -0.4 is 14.4 Å². The Hall–Kier alpha value is -3.47. The third kappa shape index (κ3) is 7.40. The summed E-state index contributed by atoms with van der Waals surface area (Å²) in [5, 5.41) is 3.72. The Kier molecular flexibility index (Phi) is 9.29. The molecule has 250 valence electrons. The zero-order valence-corrected chi connectivity index (χ0v) is 27.1. The summed E-state index contributed by atoms with van der Waals surface area (Å²) >= 11 is 0. The van der Waals surface area contributed by atoms with E-state index in [-0.39, 0.29) is 43.4 Å². The number of halogens is 3. The summed E-state index contributed by atoms with van der Waals surface area (Å²) in [6, 6.07) is 8.34. The number of amides is 1. The minimum atomic E-state index is -4.88. The molecule has 0 aromatic heterocycles. The smallest absolute Gasteiger partial charge is 0.406 e. The van der Waals surface area contributed by atoms with Crippen molar-refractivity contribution in [2.45, 2.75) is 57.5 Å². The first-order valence-electron chi connectivity index (χ1n) is 14.6. The lowest BCUT2D eigenvalue weighted by atomic mass is 9.89. The van der Waals surface area contributed by atoms with Crippen LogP contribution in [0.2, 0.25) is 0 Å². The van der Waals surface area contributed by atoms with Crippen molar-refractivity contribution in [3.63, 3.8) is 0 Å². The number of aliphatic imine (C=N–C) groups is 1. The number of aryl methyl sites for hydroxylation is 2. The zero-order valence-electron chi connectivity index (χ0n) is 25.5. The van der Waals surface area contributed by atoms with E-state index in [9.17, 15) is 34.8 Å². The molecule has 1 N–H and O–H groups in total. The van der Waals surface area contributed by atoms with Gasteiger partial charge in [-0.1, -0.05) is 12.1 Å². The fourth-order valence-corrected chi connectivity index (χ4v) is 8.53. The van der Waals surface area contributed by atoms with Crippen LogP contribution in [0.3, 0.4) is 0 Å². The topological polar surface area (TPSA) is 135 Å². The minimum Gasteiger partial charge on any atom is -0.406 e. The molecule has 0 aliphatic carbocycles. The second-order valence-corrected chi connectivity index (χ2v) is 15.3.